The summed E-state index contributed by atoms with van der Waals surface area (Å²) in [6.45, 7) is 3.60. The molecule has 2 fully saturated rings. The lowest BCUT2D eigenvalue weighted by Crippen LogP contribution is -2.45. The van der Waals surface area contributed by atoms with Crippen LogP contribution in [0.1, 0.15) is 37.7 Å². The van der Waals surface area contributed by atoms with E-state index in [1.807, 2.05) is 6.07 Å². The molecule has 1 aromatic heterocycles. The first-order valence-electron chi connectivity index (χ1n) is 10.6. The van der Waals surface area contributed by atoms with E-state index in [-0.39, 0.29) is 5.92 Å². The summed E-state index contributed by atoms with van der Waals surface area (Å²) in [6, 6.07) is 12.6. The highest BCUT2D eigenvalue weighted by atomic mass is 16.2. The quantitative estimate of drug-likeness (QED) is 0.798. The summed E-state index contributed by atoms with van der Waals surface area (Å²) in [4.78, 5) is 25.9. The molecule has 2 saturated heterocycles. The Balaban J connectivity index is 1.20. The molecular formula is C23H30N4O. The van der Waals surface area contributed by atoms with E-state index in [4.69, 9.17) is 0 Å². The molecule has 0 saturated carbocycles. The summed E-state index contributed by atoms with van der Waals surface area (Å²) in [5.41, 5.74) is 1.43. The van der Waals surface area contributed by atoms with Crippen molar-refractivity contribution in [2.45, 2.75) is 38.5 Å². The maximum atomic E-state index is 13.0. The molecule has 0 N–H and O–H groups in total. The molecular weight excluding hydrogens is 348 g/mol. The van der Waals surface area contributed by atoms with Gasteiger partial charge in [-0.15, -0.1) is 0 Å². The maximum Gasteiger partial charge on any atom is 0.225 e. The van der Waals surface area contributed by atoms with E-state index in [1.165, 1.54) is 12.0 Å². The number of piperidine rings is 2. The first-order valence-corrected chi connectivity index (χ1v) is 10.6. The highest BCUT2D eigenvalue weighted by molar-refractivity contribution is 5.79. The minimum absolute atomic E-state index is 0.167. The van der Waals surface area contributed by atoms with Gasteiger partial charge in [0.1, 0.15) is 0 Å². The second-order valence-corrected chi connectivity index (χ2v) is 8.10. The van der Waals surface area contributed by atoms with Gasteiger partial charge in [0.15, 0.2) is 0 Å². The van der Waals surface area contributed by atoms with Crippen molar-refractivity contribution in [1.82, 2.24) is 14.9 Å². The van der Waals surface area contributed by atoms with Gasteiger partial charge in [-0.3, -0.25) is 4.79 Å². The van der Waals surface area contributed by atoms with Crippen molar-refractivity contribution < 1.29 is 4.79 Å². The van der Waals surface area contributed by atoms with E-state index in [9.17, 15) is 4.79 Å². The summed E-state index contributed by atoms with van der Waals surface area (Å²) in [7, 11) is 0. The lowest BCUT2D eigenvalue weighted by atomic mass is 9.89. The number of aromatic nitrogens is 2. The summed E-state index contributed by atoms with van der Waals surface area (Å²) < 4.78 is 0. The van der Waals surface area contributed by atoms with E-state index in [0.717, 1.165) is 70.1 Å². The average Bonchev–Trinajstić information content (AvgIpc) is 2.79. The van der Waals surface area contributed by atoms with Crippen LogP contribution in [-0.4, -0.2) is 47.0 Å². The Labute approximate surface area is 167 Å². The molecule has 0 spiro atoms. The lowest BCUT2D eigenvalue weighted by molar-refractivity contribution is -0.137. The predicted octanol–water partition coefficient (Wildman–Crippen LogP) is 3.56. The van der Waals surface area contributed by atoms with Crippen LogP contribution in [0.5, 0.6) is 0 Å². The highest BCUT2D eigenvalue weighted by Crippen LogP contribution is 2.27. The number of benzene rings is 1. The minimum Gasteiger partial charge on any atom is -0.342 e. The number of rotatable bonds is 5. The molecule has 4 rings (SSSR count). The van der Waals surface area contributed by atoms with Crippen LogP contribution in [0.4, 0.5) is 5.95 Å². The van der Waals surface area contributed by atoms with Gasteiger partial charge in [0, 0.05) is 44.5 Å². The van der Waals surface area contributed by atoms with Crippen LogP contribution in [0.3, 0.4) is 0 Å². The molecule has 5 heteroatoms. The van der Waals surface area contributed by atoms with Gasteiger partial charge in [-0.1, -0.05) is 30.3 Å². The van der Waals surface area contributed by atoms with Gasteiger partial charge in [0.05, 0.1) is 0 Å². The van der Waals surface area contributed by atoms with Crippen molar-refractivity contribution in [2.75, 3.05) is 31.1 Å². The summed E-state index contributed by atoms with van der Waals surface area (Å²) in [5.74, 6) is 2.07. The number of amides is 1. The molecule has 2 aliphatic heterocycles. The van der Waals surface area contributed by atoms with Crippen LogP contribution < -0.4 is 4.90 Å². The van der Waals surface area contributed by atoms with Crippen molar-refractivity contribution >= 4 is 11.9 Å². The third kappa shape index (κ3) is 4.70. The normalized spacial score (nSPS) is 19.0. The third-order valence-electron chi connectivity index (χ3n) is 6.29. The Morgan fingerprint density at radius 2 is 1.57 bits per heavy atom. The van der Waals surface area contributed by atoms with Crippen LogP contribution in [0, 0.1) is 11.8 Å². The fourth-order valence-corrected chi connectivity index (χ4v) is 4.50. The van der Waals surface area contributed by atoms with Gasteiger partial charge in [-0.2, -0.15) is 0 Å². The van der Waals surface area contributed by atoms with Gasteiger partial charge in [0.2, 0.25) is 11.9 Å². The zero-order valence-electron chi connectivity index (χ0n) is 16.5. The Morgan fingerprint density at radius 1 is 0.893 bits per heavy atom. The Bertz CT molecular complexity index is 736. The number of carbonyl (C=O) groups is 1. The lowest BCUT2D eigenvalue weighted by Gasteiger charge is -2.37. The Kier molecular flexibility index (Phi) is 6.20. The van der Waals surface area contributed by atoms with Gasteiger partial charge < -0.3 is 9.80 Å². The van der Waals surface area contributed by atoms with Crippen molar-refractivity contribution in [3.63, 3.8) is 0 Å². The Morgan fingerprint density at radius 3 is 2.25 bits per heavy atom. The van der Waals surface area contributed by atoms with Crippen LogP contribution >= 0.6 is 0 Å². The second kappa shape index (κ2) is 9.18. The van der Waals surface area contributed by atoms with E-state index >= 15 is 0 Å². The SMILES string of the molecule is O=C(C1CCN(c2ncccn2)CC1)N1CCC(CCc2ccccc2)CC1. The fraction of sp³-hybridized carbons (Fsp3) is 0.522. The van der Waals surface area contributed by atoms with Gasteiger partial charge in [-0.25, -0.2) is 9.97 Å². The summed E-state index contributed by atoms with van der Waals surface area (Å²) in [5, 5.41) is 0. The van der Waals surface area contributed by atoms with Crippen molar-refractivity contribution in [3.05, 3.63) is 54.4 Å². The number of likely N-dealkylation sites (tertiary alicyclic amines) is 1. The van der Waals surface area contributed by atoms with E-state index in [1.54, 1.807) is 12.4 Å². The monoisotopic (exact) mass is 378 g/mol. The molecule has 0 atom stereocenters. The fourth-order valence-electron chi connectivity index (χ4n) is 4.50. The smallest absolute Gasteiger partial charge is 0.225 e. The predicted molar refractivity (Wildman–Crippen MR) is 111 cm³/mol. The molecule has 148 valence electrons. The number of hydrogen-bond acceptors (Lipinski definition) is 4. The van der Waals surface area contributed by atoms with Crippen LogP contribution in [-0.2, 0) is 11.2 Å². The molecule has 28 heavy (non-hydrogen) atoms. The molecule has 1 aromatic carbocycles. The molecule has 5 nitrogen and oxygen atoms in total. The Hall–Kier alpha value is -2.43. The molecule has 0 radical (unpaired) electrons. The zero-order chi connectivity index (χ0) is 19.2. The van der Waals surface area contributed by atoms with E-state index < -0.39 is 0 Å². The standard InChI is InChI=1S/C23H30N4O/c28-22(21-11-17-27(18-12-21)23-24-13-4-14-25-23)26-15-9-20(10-16-26)8-7-19-5-2-1-3-6-19/h1-6,13-14,20-21H,7-12,15-18H2. The maximum absolute atomic E-state index is 13.0. The molecule has 0 bridgehead atoms. The largest absolute Gasteiger partial charge is 0.342 e. The van der Waals surface area contributed by atoms with E-state index in [0.29, 0.717) is 5.91 Å². The van der Waals surface area contributed by atoms with Crippen molar-refractivity contribution in [3.8, 4) is 0 Å². The van der Waals surface area contributed by atoms with Gasteiger partial charge >= 0.3 is 0 Å². The topological polar surface area (TPSA) is 49.3 Å². The first kappa shape index (κ1) is 18.9. The third-order valence-corrected chi connectivity index (χ3v) is 6.29. The van der Waals surface area contributed by atoms with Crippen LogP contribution in [0.25, 0.3) is 0 Å². The zero-order valence-corrected chi connectivity index (χ0v) is 16.5. The average molecular weight is 379 g/mol. The molecule has 2 aliphatic rings. The number of nitrogens with zero attached hydrogens (tertiary/aromatic N) is 4. The first-order chi connectivity index (χ1) is 13.8. The number of carbonyl (C=O) groups excluding carboxylic acids is 1. The van der Waals surface area contributed by atoms with Crippen molar-refractivity contribution in [1.29, 1.82) is 0 Å². The molecule has 1 amide bonds. The molecule has 0 aliphatic carbocycles. The number of hydrogen-bond donors (Lipinski definition) is 0. The van der Waals surface area contributed by atoms with E-state index in [2.05, 4.69) is 50.1 Å². The number of anilines is 1. The molecule has 0 unspecified atom stereocenters. The molecule has 2 aromatic rings. The second-order valence-electron chi connectivity index (χ2n) is 8.10. The minimum atomic E-state index is 0.167. The summed E-state index contributed by atoms with van der Waals surface area (Å²) >= 11 is 0. The van der Waals surface area contributed by atoms with Gasteiger partial charge in [-0.05, 0) is 56.1 Å². The van der Waals surface area contributed by atoms with Gasteiger partial charge in [0.25, 0.3) is 0 Å². The number of aryl methyl sites for hydroxylation is 1. The summed E-state index contributed by atoms with van der Waals surface area (Å²) in [6.07, 6.45) is 10.1. The van der Waals surface area contributed by atoms with Crippen molar-refractivity contribution in [2.24, 2.45) is 11.8 Å². The van der Waals surface area contributed by atoms with Crippen LogP contribution in [0.15, 0.2) is 48.8 Å². The van der Waals surface area contributed by atoms with Crippen LogP contribution in [0.2, 0.25) is 0 Å². The molecule has 3 heterocycles. The highest BCUT2D eigenvalue weighted by Gasteiger charge is 2.31.